The highest BCUT2D eigenvalue weighted by Gasteiger charge is 2.14. The molecule has 18 heavy (non-hydrogen) atoms. The zero-order valence-electron chi connectivity index (χ0n) is 9.75. The molecule has 4 heteroatoms. The molecule has 0 aromatic heterocycles. The van der Waals surface area contributed by atoms with E-state index >= 15 is 0 Å². The molecular formula is C14H12BrCl2N. The molecule has 0 saturated heterocycles. The highest BCUT2D eigenvalue weighted by atomic mass is 79.9. The number of rotatable bonds is 2. The molecule has 0 aliphatic rings. The first-order valence-electron chi connectivity index (χ1n) is 5.46. The Kier molecular flexibility index (Phi) is 4.33. The fraction of sp³-hybridized carbons (Fsp3) is 0.143. The molecule has 0 heterocycles. The average molecular weight is 345 g/mol. The minimum absolute atomic E-state index is 0.284. The standard InChI is InChI=1S/C14H12BrCl2N/c1-8-5-6-9(7-11(8)15)14(18)10-3-2-4-12(16)13(10)17/h2-7,14H,18H2,1H3. The highest BCUT2D eigenvalue weighted by molar-refractivity contribution is 9.10. The van der Waals surface area contributed by atoms with Crippen molar-refractivity contribution in [1.29, 1.82) is 0 Å². The van der Waals surface area contributed by atoms with Crippen molar-refractivity contribution in [1.82, 2.24) is 0 Å². The lowest BCUT2D eigenvalue weighted by molar-refractivity contribution is 0.870. The molecule has 0 radical (unpaired) electrons. The van der Waals surface area contributed by atoms with Crippen LogP contribution in [0.1, 0.15) is 22.7 Å². The SMILES string of the molecule is Cc1ccc(C(N)c2cccc(Cl)c2Cl)cc1Br. The Balaban J connectivity index is 2.44. The van der Waals surface area contributed by atoms with Gasteiger partial charge in [0.25, 0.3) is 0 Å². The molecule has 0 aliphatic carbocycles. The summed E-state index contributed by atoms with van der Waals surface area (Å²) in [5.41, 5.74) is 9.24. The first-order chi connectivity index (χ1) is 8.50. The number of nitrogens with two attached hydrogens (primary N) is 1. The van der Waals surface area contributed by atoms with Crippen molar-refractivity contribution < 1.29 is 0 Å². The van der Waals surface area contributed by atoms with Gasteiger partial charge in [-0.15, -0.1) is 0 Å². The molecule has 2 aromatic carbocycles. The van der Waals surface area contributed by atoms with Crippen molar-refractivity contribution in [3.05, 3.63) is 67.6 Å². The number of hydrogen-bond donors (Lipinski definition) is 1. The lowest BCUT2D eigenvalue weighted by Crippen LogP contribution is -2.12. The van der Waals surface area contributed by atoms with E-state index in [4.69, 9.17) is 28.9 Å². The molecule has 0 amide bonds. The van der Waals surface area contributed by atoms with E-state index in [-0.39, 0.29) is 6.04 Å². The zero-order chi connectivity index (χ0) is 13.3. The molecule has 0 saturated carbocycles. The Morgan fingerprint density at radius 1 is 1.17 bits per heavy atom. The van der Waals surface area contributed by atoms with E-state index in [2.05, 4.69) is 15.9 Å². The van der Waals surface area contributed by atoms with Crippen LogP contribution >= 0.6 is 39.1 Å². The normalized spacial score (nSPS) is 12.5. The van der Waals surface area contributed by atoms with Crippen LogP contribution in [0.4, 0.5) is 0 Å². The second-order valence-electron chi connectivity index (χ2n) is 4.13. The third-order valence-corrected chi connectivity index (χ3v) is 4.56. The topological polar surface area (TPSA) is 26.0 Å². The summed E-state index contributed by atoms with van der Waals surface area (Å²) < 4.78 is 1.04. The number of aryl methyl sites for hydroxylation is 1. The maximum atomic E-state index is 6.24. The van der Waals surface area contributed by atoms with E-state index in [1.165, 1.54) is 5.56 Å². The lowest BCUT2D eigenvalue weighted by Gasteiger charge is -2.15. The Morgan fingerprint density at radius 3 is 2.56 bits per heavy atom. The first-order valence-corrected chi connectivity index (χ1v) is 7.01. The summed E-state index contributed by atoms with van der Waals surface area (Å²) in [6, 6.07) is 11.3. The third-order valence-electron chi connectivity index (χ3n) is 2.87. The van der Waals surface area contributed by atoms with Gasteiger partial charge in [0, 0.05) is 4.47 Å². The molecular weight excluding hydrogens is 333 g/mol. The molecule has 2 aromatic rings. The average Bonchev–Trinajstić information content (AvgIpc) is 2.35. The third kappa shape index (κ3) is 2.72. The van der Waals surface area contributed by atoms with Crippen molar-refractivity contribution in [3.63, 3.8) is 0 Å². The van der Waals surface area contributed by atoms with Crippen LogP contribution in [-0.2, 0) is 0 Å². The van der Waals surface area contributed by atoms with Gasteiger partial charge in [-0.05, 0) is 35.7 Å². The Labute approximate surface area is 125 Å². The van der Waals surface area contributed by atoms with Gasteiger partial charge in [0.2, 0.25) is 0 Å². The van der Waals surface area contributed by atoms with Crippen LogP contribution in [0, 0.1) is 6.92 Å². The molecule has 0 spiro atoms. The molecule has 1 nitrogen and oxygen atoms in total. The smallest absolute Gasteiger partial charge is 0.0643 e. The molecule has 1 unspecified atom stereocenters. The van der Waals surface area contributed by atoms with Gasteiger partial charge < -0.3 is 5.73 Å². The number of benzene rings is 2. The van der Waals surface area contributed by atoms with Gasteiger partial charge >= 0.3 is 0 Å². The molecule has 0 aliphatic heterocycles. The second-order valence-corrected chi connectivity index (χ2v) is 5.77. The second kappa shape index (κ2) is 5.62. The minimum Gasteiger partial charge on any atom is -0.320 e. The largest absolute Gasteiger partial charge is 0.320 e. The van der Waals surface area contributed by atoms with Crippen molar-refractivity contribution >= 4 is 39.1 Å². The van der Waals surface area contributed by atoms with Gasteiger partial charge in [-0.25, -0.2) is 0 Å². The van der Waals surface area contributed by atoms with Crippen LogP contribution < -0.4 is 5.73 Å². The zero-order valence-corrected chi connectivity index (χ0v) is 12.9. The predicted octanol–water partition coefficient (Wildman–Crippen LogP) is 5.11. The van der Waals surface area contributed by atoms with Crippen LogP contribution in [0.5, 0.6) is 0 Å². The molecule has 0 bridgehead atoms. The Bertz CT molecular complexity index is 584. The minimum atomic E-state index is -0.284. The quantitative estimate of drug-likeness (QED) is 0.804. The summed E-state index contributed by atoms with van der Waals surface area (Å²) in [7, 11) is 0. The number of hydrogen-bond acceptors (Lipinski definition) is 1. The van der Waals surface area contributed by atoms with Crippen molar-refractivity contribution in [3.8, 4) is 0 Å². The van der Waals surface area contributed by atoms with Crippen LogP contribution in [0.15, 0.2) is 40.9 Å². The summed E-state index contributed by atoms with van der Waals surface area (Å²) in [5.74, 6) is 0. The summed E-state index contributed by atoms with van der Waals surface area (Å²) >= 11 is 15.7. The van der Waals surface area contributed by atoms with Gasteiger partial charge in [0.05, 0.1) is 16.1 Å². The van der Waals surface area contributed by atoms with Crippen LogP contribution in [0.2, 0.25) is 10.0 Å². The summed E-state index contributed by atoms with van der Waals surface area (Å²) in [6.07, 6.45) is 0. The Morgan fingerprint density at radius 2 is 1.89 bits per heavy atom. The van der Waals surface area contributed by atoms with E-state index in [1.54, 1.807) is 6.07 Å². The molecule has 94 valence electrons. The molecule has 0 fully saturated rings. The molecule has 2 rings (SSSR count). The van der Waals surface area contributed by atoms with Crippen LogP contribution in [0.25, 0.3) is 0 Å². The van der Waals surface area contributed by atoms with E-state index in [9.17, 15) is 0 Å². The maximum Gasteiger partial charge on any atom is 0.0643 e. The monoisotopic (exact) mass is 343 g/mol. The highest BCUT2D eigenvalue weighted by Crippen LogP contribution is 2.33. The molecule has 2 N–H and O–H groups in total. The fourth-order valence-corrected chi connectivity index (χ4v) is 2.56. The fourth-order valence-electron chi connectivity index (χ4n) is 1.74. The summed E-state index contributed by atoms with van der Waals surface area (Å²) in [4.78, 5) is 0. The van der Waals surface area contributed by atoms with Gasteiger partial charge in [-0.1, -0.05) is 63.4 Å². The summed E-state index contributed by atoms with van der Waals surface area (Å²) in [5, 5.41) is 1.04. The van der Waals surface area contributed by atoms with Gasteiger partial charge in [-0.3, -0.25) is 0 Å². The Hall–Kier alpha value is -0.540. The number of halogens is 3. The van der Waals surface area contributed by atoms with Gasteiger partial charge in [-0.2, -0.15) is 0 Å². The van der Waals surface area contributed by atoms with Crippen molar-refractivity contribution in [2.45, 2.75) is 13.0 Å². The summed E-state index contributed by atoms with van der Waals surface area (Å²) in [6.45, 7) is 2.03. The van der Waals surface area contributed by atoms with E-state index in [0.717, 1.165) is 15.6 Å². The van der Waals surface area contributed by atoms with E-state index in [0.29, 0.717) is 10.0 Å². The van der Waals surface area contributed by atoms with Gasteiger partial charge in [0.15, 0.2) is 0 Å². The van der Waals surface area contributed by atoms with E-state index in [1.807, 2.05) is 37.3 Å². The molecule has 1 atom stereocenters. The van der Waals surface area contributed by atoms with Crippen molar-refractivity contribution in [2.24, 2.45) is 5.73 Å². The van der Waals surface area contributed by atoms with Crippen LogP contribution in [-0.4, -0.2) is 0 Å². The first kappa shape index (κ1) is 13.9. The van der Waals surface area contributed by atoms with Gasteiger partial charge in [0.1, 0.15) is 0 Å². The predicted molar refractivity (Wildman–Crippen MR) is 81.4 cm³/mol. The van der Waals surface area contributed by atoms with Crippen molar-refractivity contribution in [2.75, 3.05) is 0 Å². The maximum absolute atomic E-state index is 6.24. The van der Waals surface area contributed by atoms with E-state index < -0.39 is 0 Å². The lowest BCUT2D eigenvalue weighted by atomic mass is 9.99. The van der Waals surface area contributed by atoms with Crippen LogP contribution in [0.3, 0.4) is 0 Å².